The summed E-state index contributed by atoms with van der Waals surface area (Å²) in [6.45, 7) is 0.568. The molecule has 1 amide bonds. The molecule has 19 heavy (non-hydrogen) atoms. The third-order valence-electron chi connectivity index (χ3n) is 3.21. The molecular weight excluding hydrogens is 272 g/mol. The van der Waals surface area contributed by atoms with Gasteiger partial charge in [0.15, 0.2) is 0 Å². The number of carbonyl (C=O) groups excluding carboxylic acids is 1. The van der Waals surface area contributed by atoms with E-state index in [2.05, 4.69) is 0 Å². The van der Waals surface area contributed by atoms with Gasteiger partial charge in [0.2, 0.25) is 15.9 Å². The fraction of sp³-hybridized carbons (Fsp3) is 0.818. The van der Waals surface area contributed by atoms with Crippen LogP contribution in [0.25, 0.3) is 0 Å². The number of rotatable bonds is 5. The lowest BCUT2D eigenvalue weighted by Crippen LogP contribution is -2.43. The molecule has 0 unspecified atom stereocenters. The van der Waals surface area contributed by atoms with Gasteiger partial charge in [-0.3, -0.25) is 9.59 Å². The molecule has 1 fully saturated rings. The third kappa shape index (κ3) is 4.46. The molecule has 1 saturated heterocycles. The largest absolute Gasteiger partial charge is 0.481 e. The van der Waals surface area contributed by atoms with Gasteiger partial charge in [0.05, 0.1) is 12.2 Å². The van der Waals surface area contributed by atoms with Crippen LogP contribution in [-0.2, 0) is 19.6 Å². The molecule has 0 atom stereocenters. The Balaban J connectivity index is 2.53. The maximum atomic E-state index is 11.9. The Kier molecular flexibility index (Phi) is 5.30. The number of sulfonamides is 1. The van der Waals surface area contributed by atoms with Crippen LogP contribution >= 0.6 is 0 Å². The van der Waals surface area contributed by atoms with Gasteiger partial charge in [-0.25, -0.2) is 12.7 Å². The first kappa shape index (κ1) is 15.9. The summed E-state index contributed by atoms with van der Waals surface area (Å²) in [6, 6.07) is 0. The van der Waals surface area contributed by atoms with Gasteiger partial charge >= 0.3 is 5.97 Å². The molecule has 0 spiro atoms. The second-order valence-corrected chi connectivity index (χ2v) is 6.95. The summed E-state index contributed by atoms with van der Waals surface area (Å²) in [5, 5.41) is 8.52. The van der Waals surface area contributed by atoms with E-state index in [0.29, 0.717) is 12.8 Å². The maximum Gasteiger partial charge on any atom is 0.304 e. The van der Waals surface area contributed by atoms with Gasteiger partial charge < -0.3 is 10.0 Å². The zero-order valence-corrected chi connectivity index (χ0v) is 12.0. The summed E-state index contributed by atoms with van der Waals surface area (Å²) >= 11 is 0. The van der Waals surface area contributed by atoms with Crippen molar-refractivity contribution in [2.75, 3.05) is 32.9 Å². The molecule has 0 aromatic heterocycles. The number of piperidine rings is 1. The van der Waals surface area contributed by atoms with Gasteiger partial charge in [0.25, 0.3) is 0 Å². The van der Waals surface area contributed by atoms with Crippen molar-refractivity contribution < 1.29 is 23.1 Å². The van der Waals surface area contributed by atoms with Gasteiger partial charge in [0, 0.05) is 33.1 Å². The zero-order chi connectivity index (χ0) is 14.6. The highest BCUT2D eigenvalue weighted by molar-refractivity contribution is 7.89. The van der Waals surface area contributed by atoms with Crippen molar-refractivity contribution in [2.45, 2.75) is 19.3 Å². The molecule has 0 radical (unpaired) electrons. The minimum atomic E-state index is -3.52. The van der Waals surface area contributed by atoms with Crippen molar-refractivity contribution in [3.8, 4) is 0 Å². The number of aliphatic carboxylic acids is 1. The first-order chi connectivity index (χ1) is 8.74. The van der Waals surface area contributed by atoms with Crippen LogP contribution in [0.2, 0.25) is 0 Å². The first-order valence-corrected chi connectivity index (χ1v) is 7.75. The lowest BCUT2D eigenvalue weighted by molar-refractivity contribution is -0.136. The molecule has 1 heterocycles. The van der Waals surface area contributed by atoms with Crippen molar-refractivity contribution in [3.05, 3.63) is 0 Å². The molecule has 0 bridgehead atoms. The molecule has 0 aliphatic carbocycles. The van der Waals surface area contributed by atoms with E-state index >= 15 is 0 Å². The summed E-state index contributed by atoms with van der Waals surface area (Å²) < 4.78 is 25.0. The minimum absolute atomic E-state index is 0.0163. The Labute approximate surface area is 113 Å². The molecular formula is C11H20N2O5S. The average Bonchev–Trinajstić information content (AvgIpc) is 2.35. The first-order valence-electron chi connectivity index (χ1n) is 6.15. The Morgan fingerprint density at radius 3 is 2.21 bits per heavy atom. The number of hydrogen-bond donors (Lipinski definition) is 1. The van der Waals surface area contributed by atoms with Gasteiger partial charge in [-0.1, -0.05) is 0 Å². The topological polar surface area (TPSA) is 95.0 Å². The Hall–Kier alpha value is -1.15. The predicted molar refractivity (Wildman–Crippen MR) is 69.0 cm³/mol. The molecule has 1 aliphatic rings. The number of carboxylic acids is 1. The van der Waals surface area contributed by atoms with E-state index in [1.165, 1.54) is 9.21 Å². The van der Waals surface area contributed by atoms with Crippen molar-refractivity contribution >= 4 is 21.9 Å². The van der Waals surface area contributed by atoms with Crippen LogP contribution in [0.4, 0.5) is 0 Å². The fourth-order valence-corrected chi connectivity index (χ4v) is 3.55. The van der Waals surface area contributed by atoms with E-state index in [4.69, 9.17) is 5.11 Å². The molecule has 1 aliphatic heterocycles. The Morgan fingerprint density at radius 2 is 1.79 bits per heavy atom. The van der Waals surface area contributed by atoms with Crippen LogP contribution in [0.5, 0.6) is 0 Å². The predicted octanol–water partition coefficient (Wildman–Crippen LogP) is -0.409. The molecule has 8 heteroatoms. The van der Waals surface area contributed by atoms with Gasteiger partial charge in [0.1, 0.15) is 0 Å². The van der Waals surface area contributed by atoms with Gasteiger partial charge in [-0.15, -0.1) is 0 Å². The lowest BCUT2D eigenvalue weighted by Gasteiger charge is -2.31. The normalized spacial score (nSPS) is 18.2. The third-order valence-corrected chi connectivity index (χ3v) is 5.08. The summed E-state index contributed by atoms with van der Waals surface area (Å²) in [4.78, 5) is 23.7. The van der Waals surface area contributed by atoms with Crippen LogP contribution in [0.15, 0.2) is 0 Å². The maximum absolute atomic E-state index is 11.9. The zero-order valence-electron chi connectivity index (χ0n) is 11.2. The smallest absolute Gasteiger partial charge is 0.304 e. The number of carboxylic acid groups (broad SMARTS) is 1. The van der Waals surface area contributed by atoms with E-state index in [0.717, 1.165) is 0 Å². The minimum Gasteiger partial charge on any atom is -0.481 e. The fourth-order valence-electron chi connectivity index (χ4n) is 2.09. The number of amides is 1. The van der Waals surface area contributed by atoms with Gasteiger partial charge in [-0.2, -0.15) is 0 Å². The average molecular weight is 292 g/mol. The standard InChI is InChI=1S/C11H20N2O5S/c1-12(2)11(16)9-3-6-13(7-4-9)19(17,18)8-5-10(14)15/h9H,3-8H2,1-2H3,(H,14,15). The van der Waals surface area contributed by atoms with E-state index in [1.807, 2.05) is 0 Å². The number of carbonyl (C=O) groups is 2. The SMILES string of the molecule is CN(C)C(=O)C1CCN(S(=O)(=O)CCC(=O)O)CC1. The quantitative estimate of drug-likeness (QED) is 0.743. The molecule has 0 aromatic carbocycles. The summed E-state index contributed by atoms with van der Waals surface area (Å²) in [5.41, 5.74) is 0. The summed E-state index contributed by atoms with van der Waals surface area (Å²) in [5.74, 6) is -1.63. The van der Waals surface area contributed by atoms with Crippen molar-refractivity contribution in [1.82, 2.24) is 9.21 Å². The van der Waals surface area contributed by atoms with Crippen LogP contribution in [-0.4, -0.2) is 67.5 Å². The Bertz CT molecular complexity index is 438. The van der Waals surface area contributed by atoms with Crippen molar-refractivity contribution in [1.29, 1.82) is 0 Å². The highest BCUT2D eigenvalue weighted by atomic mass is 32.2. The monoisotopic (exact) mass is 292 g/mol. The van der Waals surface area contributed by atoms with Gasteiger partial charge in [-0.05, 0) is 12.8 Å². The number of hydrogen-bond acceptors (Lipinski definition) is 4. The second-order valence-electron chi connectivity index (χ2n) is 4.87. The lowest BCUT2D eigenvalue weighted by atomic mass is 9.97. The van der Waals surface area contributed by atoms with Crippen LogP contribution in [0.1, 0.15) is 19.3 Å². The van der Waals surface area contributed by atoms with E-state index in [-0.39, 0.29) is 37.1 Å². The summed E-state index contributed by atoms with van der Waals surface area (Å²) in [6.07, 6.45) is 0.589. The Morgan fingerprint density at radius 1 is 1.26 bits per heavy atom. The highest BCUT2D eigenvalue weighted by Crippen LogP contribution is 2.21. The van der Waals surface area contributed by atoms with E-state index in [9.17, 15) is 18.0 Å². The van der Waals surface area contributed by atoms with E-state index < -0.39 is 16.0 Å². The van der Waals surface area contributed by atoms with Crippen molar-refractivity contribution in [3.63, 3.8) is 0 Å². The molecule has 110 valence electrons. The molecule has 1 rings (SSSR count). The summed E-state index contributed by atoms with van der Waals surface area (Å²) in [7, 11) is -0.162. The number of nitrogens with zero attached hydrogens (tertiary/aromatic N) is 2. The second kappa shape index (κ2) is 6.33. The van der Waals surface area contributed by atoms with E-state index in [1.54, 1.807) is 14.1 Å². The molecule has 0 aromatic rings. The molecule has 7 nitrogen and oxygen atoms in total. The van der Waals surface area contributed by atoms with Crippen LogP contribution < -0.4 is 0 Å². The highest BCUT2D eigenvalue weighted by Gasteiger charge is 2.31. The molecule has 0 saturated carbocycles. The van der Waals surface area contributed by atoms with Crippen LogP contribution in [0.3, 0.4) is 0 Å². The van der Waals surface area contributed by atoms with Crippen LogP contribution in [0, 0.1) is 5.92 Å². The molecule has 1 N–H and O–H groups in total. The van der Waals surface area contributed by atoms with Crippen molar-refractivity contribution in [2.24, 2.45) is 5.92 Å².